The maximum absolute atomic E-state index is 12.1. The Hall–Kier alpha value is -1.15. The molecule has 0 aromatic carbocycles. The Kier molecular flexibility index (Phi) is 6.15. The van der Waals surface area contributed by atoms with Crippen molar-refractivity contribution in [3.8, 4) is 0 Å². The third kappa shape index (κ3) is 6.01. The Balaban J connectivity index is 2.54. The van der Waals surface area contributed by atoms with Crippen LogP contribution in [0, 0.1) is 5.41 Å². The number of nitrogens with two attached hydrogens (primary N) is 1. The quantitative estimate of drug-likeness (QED) is 0.577. The molecule has 0 aliphatic heterocycles. The highest BCUT2D eigenvalue weighted by Gasteiger charge is 2.48. The standard InChI is InChI=1S/C13H24N2O5S/c1-15(7-3-6-14)11(16)9-21(18,19)10-13(4-5-13)8-12(17)20-2/h3-10,14H2,1-2H3. The van der Waals surface area contributed by atoms with Gasteiger partial charge in [-0.2, -0.15) is 0 Å². The molecular formula is C13H24N2O5S. The third-order valence-corrected chi connectivity index (χ3v) is 5.44. The number of nitrogens with zero attached hydrogens (tertiary/aromatic N) is 1. The molecule has 7 nitrogen and oxygen atoms in total. The summed E-state index contributed by atoms with van der Waals surface area (Å²) in [7, 11) is -0.685. The molecule has 1 aliphatic rings. The van der Waals surface area contributed by atoms with Crippen LogP contribution in [0.25, 0.3) is 0 Å². The molecule has 2 N–H and O–H groups in total. The highest BCUT2D eigenvalue weighted by atomic mass is 32.2. The van der Waals surface area contributed by atoms with E-state index in [1.54, 1.807) is 7.05 Å². The Labute approximate surface area is 125 Å². The molecule has 0 spiro atoms. The van der Waals surface area contributed by atoms with E-state index in [9.17, 15) is 18.0 Å². The summed E-state index contributed by atoms with van der Waals surface area (Å²) < 4.78 is 28.8. The number of sulfone groups is 1. The number of rotatable bonds is 9. The minimum absolute atomic E-state index is 0.0972. The van der Waals surface area contributed by atoms with Crippen molar-refractivity contribution < 1.29 is 22.7 Å². The maximum Gasteiger partial charge on any atom is 0.306 e. The summed E-state index contributed by atoms with van der Waals surface area (Å²) in [5.74, 6) is -1.49. The average Bonchev–Trinajstić information content (AvgIpc) is 3.13. The lowest BCUT2D eigenvalue weighted by Crippen LogP contribution is -2.36. The van der Waals surface area contributed by atoms with Crippen LogP contribution in [0.1, 0.15) is 25.7 Å². The second kappa shape index (κ2) is 7.22. The molecule has 0 saturated heterocycles. The topological polar surface area (TPSA) is 107 Å². The summed E-state index contributed by atoms with van der Waals surface area (Å²) in [5.41, 5.74) is 4.83. The summed E-state index contributed by atoms with van der Waals surface area (Å²) >= 11 is 0. The van der Waals surface area contributed by atoms with Crippen LogP contribution >= 0.6 is 0 Å². The lowest BCUT2D eigenvalue weighted by molar-refractivity contribution is -0.141. The zero-order valence-corrected chi connectivity index (χ0v) is 13.4. The minimum atomic E-state index is -3.53. The number of ether oxygens (including phenoxy) is 1. The van der Waals surface area contributed by atoms with Gasteiger partial charge in [0.15, 0.2) is 9.84 Å². The van der Waals surface area contributed by atoms with Crippen molar-refractivity contribution in [3.05, 3.63) is 0 Å². The van der Waals surface area contributed by atoms with Crippen LogP contribution in [0.2, 0.25) is 0 Å². The highest BCUT2D eigenvalue weighted by Crippen LogP contribution is 2.50. The molecule has 0 unspecified atom stereocenters. The first-order valence-corrected chi connectivity index (χ1v) is 8.77. The molecule has 1 rings (SSSR count). The molecule has 0 atom stereocenters. The van der Waals surface area contributed by atoms with Crippen molar-refractivity contribution in [2.45, 2.75) is 25.7 Å². The SMILES string of the molecule is COC(=O)CC1(CS(=O)(=O)CC(=O)N(C)CCCN)CC1. The zero-order chi connectivity index (χ0) is 16.1. The number of carbonyl (C=O) groups excluding carboxylic acids is 2. The van der Waals surface area contributed by atoms with Crippen molar-refractivity contribution in [2.24, 2.45) is 11.1 Å². The van der Waals surface area contributed by atoms with E-state index >= 15 is 0 Å². The Morgan fingerprint density at radius 3 is 2.43 bits per heavy atom. The molecule has 0 heterocycles. The van der Waals surface area contributed by atoms with Crippen molar-refractivity contribution in [1.82, 2.24) is 4.90 Å². The van der Waals surface area contributed by atoms with E-state index in [-0.39, 0.29) is 12.2 Å². The number of hydrogen-bond donors (Lipinski definition) is 1. The van der Waals surface area contributed by atoms with Crippen LogP contribution < -0.4 is 5.73 Å². The van der Waals surface area contributed by atoms with E-state index < -0.39 is 32.9 Å². The normalized spacial score (nSPS) is 16.3. The largest absolute Gasteiger partial charge is 0.469 e. The van der Waals surface area contributed by atoms with E-state index in [0.29, 0.717) is 32.4 Å². The molecule has 122 valence electrons. The van der Waals surface area contributed by atoms with E-state index in [2.05, 4.69) is 4.74 Å². The fraction of sp³-hybridized carbons (Fsp3) is 0.846. The zero-order valence-electron chi connectivity index (χ0n) is 12.6. The van der Waals surface area contributed by atoms with Crippen molar-refractivity contribution in [3.63, 3.8) is 0 Å². The van der Waals surface area contributed by atoms with Gasteiger partial charge in [0.1, 0.15) is 5.75 Å². The molecule has 0 bridgehead atoms. The van der Waals surface area contributed by atoms with Crippen LogP contribution in [-0.4, -0.2) is 63.9 Å². The first-order chi connectivity index (χ1) is 9.73. The van der Waals surface area contributed by atoms with Crippen molar-refractivity contribution in [1.29, 1.82) is 0 Å². The van der Waals surface area contributed by atoms with E-state index in [1.165, 1.54) is 12.0 Å². The molecule has 21 heavy (non-hydrogen) atoms. The van der Waals surface area contributed by atoms with Gasteiger partial charge in [-0.25, -0.2) is 8.42 Å². The van der Waals surface area contributed by atoms with Crippen molar-refractivity contribution >= 4 is 21.7 Å². The van der Waals surface area contributed by atoms with Gasteiger partial charge in [0.25, 0.3) is 0 Å². The van der Waals surface area contributed by atoms with Gasteiger partial charge in [0.2, 0.25) is 5.91 Å². The van der Waals surface area contributed by atoms with Crippen LogP contribution in [-0.2, 0) is 24.2 Å². The fourth-order valence-electron chi connectivity index (χ4n) is 2.20. The second-order valence-corrected chi connectivity index (χ2v) is 7.81. The number of esters is 1. The Morgan fingerprint density at radius 2 is 1.95 bits per heavy atom. The first kappa shape index (κ1) is 17.9. The predicted octanol–water partition coefficient (Wildman–Crippen LogP) is -0.448. The second-order valence-electron chi connectivity index (χ2n) is 5.74. The molecule has 1 saturated carbocycles. The Morgan fingerprint density at radius 1 is 1.33 bits per heavy atom. The smallest absolute Gasteiger partial charge is 0.306 e. The van der Waals surface area contributed by atoms with Gasteiger partial charge in [0.05, 0.1) is 19.3 Å². The van der Waals surface area contributed by atoms with Crippen LogP contribution in [0.3, 0.4) is 0 Å². The van der Waals surface area contributed by atoms with Gasteiger partial charge in [-0.05, 0) is 31.2 Å². The summed E-state index contributed by atoms with van der Waals surface area (Å²) in [5, 5.41) is 0. The summed E-state index contributed by atoms with van der Waals surface area (Å²) in [4.78, 5) is 24.5. The minimum Gasteiger partial charge on any atom is -0.469 e. The van der Waals surface area contributed by atoms with Crippen LogP contribution in [0.5, 0.6) is 0 Å². The van der Waals surface area contributed by atoms with Crippen LogP contribution in [0.4, 0.5) is 0 Å². The van der Waals surface area contributed by atoms with Gasteiger partial charge < -0.3 is 15.4 Å². The molecule has 0 aromatic rings. The number of hydrogen-bond acceptors (Lipinski definition) is 6. The molecule has 1 fully saturated rings. The predicted molar refractivity (Wildman–Crippen MR) is 78.3 cm³/mol. The van der Waals surface area contributed by atoms with Crippen LogP contribution in [0.15, 0.2) is 0 Å². The average molecular weight is 320 g/mol. The van der Waals surface area contributed by atoms with E-state index in [0.717, 1.165) is 0 Å². The van der Waals surface area contributed by atoms with E-state index in [4.69, 9.17) is 5.73 Å². The molecule has 8 heteroatoms. The first-order valence-electron chi connectivity index (χ1n) is 6.95. The summed E-state index contributed by atoms with van der Waals surface area (Å²) in [6, 6.07) is 0. The van der Waals surface area contributed by atoms with E-state index in [1.807, 2.05) is 0 Å². The number of methoxy groups -OCH3 is 1. The molecule has 0 radical (unpaired) electrons. The highest BCUT2D eigenvalue weighted by molar-refractivity contribution is 7.92. The van der Waals surface area contributed by atoms with Gasteiger partial charge in [-0.3, -0.25) is 9.59 Å². The van der Waals surface area contributed by atoms with Gasteiger partial charge in [0, 0.05) is 13.6 Å². The van der Waals surface area contributed by atoms with Gasteiger partial charge in [-0.15, -0.1) is 0 Å². The molecular weight excluding hydrogens is 296 g/mol. The van der Waals surface area contributed by atoms with Gasteiger partial charge >= 0.3 is 5.97 Å². The molecule has 1 amide bonds. The lowest BCUT2D eigenvalue weighted by Gasteiger charge is -2.18. The summed E-state index contributed by atoms with van der Waals surface area (Å²) in [6.45, 7) is 0.894. The lowest BCUT2D eigenvalue weighted by atomic mass is 10.1. The van der Waals surface area contributed by atoms with Crippen molar-refractivity contribution in [2.75, 3.05) is 38.8 Å². The molecule has 0 aromatic heterocycles. The molecule has 1 aliphatic carbocycles. The fourth-order valence-corrected chi connectivity index (χ4v) is 4.22. The summed E-state index contributed by atoms with van der Waals surface area (Å²) in [6.07, 6.45) is 2.09. The third-order valence-electron chi connectivity index (χ3n) is 3.70. The number of amides is 1. The van der Waals surface area contributed by atoms with Gasteiger partial charge in [-0.1, -0.05) is 0 Å². The maximum atomic E-state index is 12.1. The Bertz CT molecular complexity index is 485. The number of carbonyl (C=O) groups is 2. The monoisotopic (exact) mass is 320 g/mol.